The molecule has 10 heavy (non-hydrogen) atoms. The first-order chi connectivity index (χ1) is 4.63. The SMILES string of the molecule is Nc1cnc(Cl)c(F)c1Cl. The molecule has 0 saturated carbocycles. The Morgan fingerprint density at radius 2 is 2.10 bits per heavy atom. The summed E-state index contributed by atoms with van der Waals surface area (Å²) in [6.07, 6.45) is 1.20. The maximum Gasteiger partial charge on any atom is 0.181 e. The number of aromatic nitrogens is 1. The second kappa shape index (κ2) is 2.60. The topological polar surface area (TPSA) is 38.9 Å². The summed E-state index contributed by atoms with van der Waals surface area (Å²) in [4.78, 5) is 3.42. The first-order valence-electron chi connectivity index (χ1n) is 2.38. The quantitative estimate of drug-likeness (QED) is 0.622. The second-order valence-corrected chi connectivity index (χ2v) is 2.37. The maximum absolute atomic E-state index is 12.6. The summed E-state index contributed by atoms with van der Waals surface area (Å²) < 4.78 is 12.6. The standard InChI is InChI=1S/C5H3Cl2FN2/c6-3-2(9)1-10-5(7)4(3)8/h1H,9H2. The molecule has 1 rings (SSSR count). The van der Waals surface area contributed by atoms with Gasteiger partial charge in [0.1, 0.15) is 5.02 Å². The van der Waals surface area contributed by atoms with Gasteiger partial charge in [0.2, 0.25) is 0 Å². The number of nitrogen functional groups attached to an aromatic ring is 1. The first kappa shape index (κ1) is 7.57. The van der Waals surface area contributed by atoms with Crippen LogP contribution in [0.4, 0.5) is 10.1 Å². The molecule has 5 heteroatoms. The summed E-state index contributed by atoms with van der Waals surface area (Å²) in [5, 5.41) is -0.445. The largest absolute Gasteiger partial charge is 0.396 e. The van der Waals surface area contributed by atoms with E-state index in [1.54, 1.807) is 0 Å². The molecule has 0 bridgehead atoms. The summed E-state index contributed by atoms with van der Waals surface area (Å²) in [5.41, 5.74) is 5.28. The summed E-state index contributed by atoms with van der Waals surface area (Å²) in [6.45, 7) is 0. The Morgan fingerprint density at radius 1 is 1.50 bits per heavy atom. The van der Waals surface area contributed by atoms with Gasteiger partial charge in [0.15, 0.2) is 11.0 Å². The molecule has 0 fully saturated rings. The molecular weight excluding hydrogens is 178 g/mol. The van der Waals surface area contributed by atoms with E-state index in [9.17, 15) is 4.39 Å². The van der Waals surface area contributed by atoms with Gasteiger partial charge >= 0.3 is 0 Å². The van der Waals surface area contributed by atoms with Crippen molar-refractivity contribution >= 4 is 28.9 Å². The van der Waals surface area contributed by atoms with Crippen LogP contribution in [0, 0.1) is 5.82 Å². The predicted molar refractivity (Wildman–Crippen MR) is 38.6 cm³/mol. The van der Waals surface area contributed by atoms with E-state index in [0.29, 0.717) is 0 Å². The molecule has 1 aromatic heterocycles. The Bertz CT molecular complexity index is 237. The number of nitrogens with zero attached hydrogens (tertiary/aromatic N) is 1. The van der Waals surface area contributed by atoms with Crippen LogP contribution in [-0.4, -0.2) is 4.98 Å². The van der Waals surface area contributed by atoms with Crippen molar-refractivity contribution in [1.29, 1.82) is 0 Å². The number of pyridine rings is 1. The molecule has 2 N–H and O–H groups in total. The highest BCUT2D eigenvalue weighted by Gasteiger charge is 2.08. The van der Waals surface area contributed by atoms with Crippen molar-refractivity contribution in [1.82, 2.24) is 4.98 Å². The molecule has 0 radical (unpaired) electrons. The van der Waals surface area contributed by atoms with Gasteiger partial charge in [-0.15, -0.1) is 0 Å². The highest BCUT2D eigenvalue weighted by molar-refractivity contribution is 6.35. The van der Waals surface area contributed by atoms with Gasteiger partial charge in [-0.25, -0.2) is 9.37 Å². The Morgan fingerprint density at radius 3 is 2.60 bits per heavy atom. The summed E-state index contributed by atoms with van der Waals surface area (Å²) >= 11 is 10.6. The molecule has 0 unspecified atom stereocenters. The second-order valence-electron chi connectivity index (χ2n) is 1.63. The molecule has 0 aliphatic rings. The number of hydrogen-bond donors (Lipinski definition) is 1. The number of anilines is 1. The highest BCUT2D eigenvalue weighted by atomic mass is 35.5. The van der Waals surface area contributed by atoms with Crippen LogP contribution in [-0.2, 0) is 0 Å². The van der Waals surface area contributed by atoms with E-state index in [1.807, 2.05) is 0 Å². The Hall–Kier alpha value is -0.540. The summed E-state index contributed by atoms with van der Waals surface area (Å²) in [7, 11) is 0. The predicted octanol–water partition coefficient (Wildman–Crippen LogP) is 2.11. The maximum atomic E-state index is 12.6. The smallest absolute Gasteiger partial charge is 0.181 e. The lowest BCUT2D eigenvalue weighted by atomic mass is 10.4. The zero-order valence-corrected chi connectivity index (χ0v) is 6.25. The number of halogens is 3. The van der Waals surface area contributed by atoms with Crippen molar-refractivity contribution < 1.29 is 4.39 Å². The zero-order chi connectivity index (χ0) is 7.72. The zero-order valence-electron chi connectivity index (χ0n) is 4.74. The van der Waals surface area contributed by atoms with Crippen molar-refractivity contribution in [2.24, 2.45) is 0 Å². The third kappa shape index (κ3) is 1.15. The van der Waals surface area contributed by atoms with E-state index in [1.165, 1.54) is 6.20 Å². The minimum atomic E-state index is -0.775. The van der Waals surface area contributed by atoms with Crippen LogP contribution < -0.4 is 5.73 Å². The van der Waals surface area contributed by atoms with E-state index in [4.69, 9.17) is 28.9 Å². The van der Waals surface area contributed by atoms with Crippen LogP contribution in [0.3, 0.4) is 0 Å². The van der Waals surface area contributed by atoms with Crippen molar-refractivity contribution in [2.75, 3.05) is 5.73 Å². The summed E-state index contributed by atoms with van der Waals surface area (Å²) in [6, 6.07) is 0. The molecule has 0 atom stereocenters. The third-order valence-electron chi connectivity index (χ3n) is 0.944. The lowest BCUT2D eigenvalue weighted by Gasteiger charge is -1.97. The van der Waals surface area contributed by atoms with E-state index >= 15 is 0 Å². The van der Waals surface area contributed by atoms with Gasteiger partial charge < -0.3 is 5.73 Å². The number of hydrogen-bond acceptors (Lipinski definition) is 2. The van der Waals surface area contributed by atoms with Gasteiger partial charge in [-0.1, -0.05) is 23.2 Å². The molecule has 0 aromatic carbocycles. The molecule has 0 amide bonds. The lowest BCUT2D eigenvalue weighted by molar-refractivity contribution is 0.623. The Labute approximate surface area is 66.8 Å². The van der Waals surface area contributed by atoms with Gasteiger partial charge in [-0.2, -0.15) is 0 Å². The summed E-state index contributed by atoms with van der Waals surface area (Å²) in [5.74, 6) is -0.775. The molecule has 2 nitrogen and oxygen atoms in total. The van der Waals surface area contributed by atoms with Crippen LogP contribution in [0.5, 0.6) is 0 Å². The molecule has 0 saturated heterocycles. The van der Waals surface area contributed by atoms with Gasteiger partial charge in [0, 0.05) is 0 Å². The van der Waals surface area contributed by atoms with Crippen LogP contribution in [0.1, 0.15) is 0 Å². The van der Waals surface area contributed by atoms with E-state index in [0.717, 1.165) is 0 Å². The molecule has 54 valence electrons. The van der Waals surface area contributed by atoms with Crippen LogP contribution in [0.25, 0.3) is 0 Å². The average molecular weight is 181 g/mol. The van der Waals surface area contributed by atoms with Crippen LogP contribution in [0.2, 0.25) is 10.2 Å². The third-order valence-corrected chi connectivity index (χ3v) is 1.59. The van der Waals surface area contributed by atoms with Crippen molar-refractivity contribution in [2.45, 2.75) is 0 Å². The normalized spacial score (nSPS) is 9.90. The highest BCUT2D eigenvalue weighted by Crippen LogP contribution is 2.25. The van der Waals surface area contributed by atoms with E-state index in [2.05, 4.69) is 4.98 Å². The number of nitrogens with two attached hydrogens (primary N) is 1. The molecule has 1 heterocycles. The fourth-order valence-electron chi connectivity index (χ4n) is 0.457. The van der Waals surface area contributed by atoms with Crippen LogP contribution in [0.15, 0.2) is 6.20 Å². The van der Waals surface area contributed by atoms with Gasteiger partial charge in [-0.05, 0) is 0 Å². The molecule has 0 aliphatic carbocycles. The molecule has 0 aliphatic heterocycles. The first-order valence-corrected chi connectivity index (χ1v) is 3.13. The van der Waals surface area contributed by atoms with Gasteiger partial charge in [0.05, 0.1) is 11.9 Å². The van der Waals surface area contributed by atoms with Gasteiger partial charge in [0.25, 0.3) is 0 Å². The van der Waals surface area contributed by atoms with Crippen molar-refractivity contribution in [3.8, 4) is 0 Å². The Balaban J connectivity index is 3.34. The Kier molecular flexibility index (Phi) is 1.97. The molecule has 1 aromatic rings. The van der Waals surface area contributed by atoms with Crippen molar-refractivity contribution in [3.05, 3.63) is 22.2 Å². The van der Waals surface area contributed by atoms with Crippen molar-refractivity contribution in [3.63, 3.8) is 0 Å². The molecule has 0 spiro atoms. The fraction of sp³-hybridized carbons (Fsp3) is 0. The monoisotopic (exact) mass is 180 g/mol. The molecular formula is C5H3Cl2FN2. The fourth-order valence-corrected chi connectivity index (χ4v) is 0.787. The van der Waals surface area contributed by atoms with E-state index < -0.39 is 5.82 Å². The average Bonchev–Trinajstić information content (AvgIpc) is 1.93. The van der Waals surface area contributed by atoms with E-state index in [-0.39, 0.29) is 15.9 Å². The van der Waals surface area contributed by atoms with Gasteiger partial charge in [-0.3, -0.25) is 0 Å². The lowest BCUT2D eigenvalue weighted by Crippen LogP contribution is -1.92. The number of rotatable bonds is 0. The van der Waals surface area contributed by atoms with Crippen LogP contribution >= 0.6 is 23.2 Å². The minimum Gasteiger partial charge on any atom is -0.396 e. The minimum absolute atomic E-state index is 0.0866.